The molecule has 1 aliphatic heterocycles. The van der Waals surface area contributed by atoms with Crippen LogP contribution in [0.3, 0.4) is 0 Å². The molecule has 0 unspecified atom stereocenters. The van der Waals surface area contributed by atoms with E-state index in [2.05, 4.69) is 39.0 Å². The van der Waals surface area contributed by atoms with Crippen molar-refractivity contribution in [2.24, 2.45) is 0 Å². The van der Waals surface area contributed by atoms with E-state index in [4.69, 9.17) is 5.73 Å². The van der Waals surface area contributed by atoms with Crippen molar-refractivity contribution >= 4 is 11.8 Å². The van der Waals surface area contributed by atoms with Crippen molar-refractivity contribution in [1.82, 2.24) is 14.8 Å². The second-order valence-corrected chi connectivity index (χ2v) is 7.51. The molecule has 0 radical (unpaired) electrons. The Morgan fingerprint density at radius 3 is 2.44 bits per heavy atom. The fraction of sp³-hybridized carbons (Fsp3) is 0.429. The van der Waals surface area contributed by atoms with Gasteiger partial charge >= 0.3 is 5.97 Å². The number of benzene rings is 1. The van der Waals surface area contributed by atoms with E-state index in [0.717, 1.165) is 45.4 Å². The molecule has 6 heteroatoms. The molecule has 4 rings (SSSR count). The molecule has 0 saturated carbocycles. The highest BCUT2D eigenvalue weighted by molar-refractivity contribution is 5.75. The molecule has 1 aromatic heterocycles. The summed E-state index contributed by atoms with van der Waals surface area (Å²) in [6.07, 6.45) is 4.75. The van der Waals surface area contributed by atoms with Gasteiger partial charge in [-0.3, -0.25) is 14.6 Å². The smallest absolute Gasteiger partial charge is 0.325 e. The summed E-state index contributed by atoms with van der Waals surface area (Å²) in [6, 6.07) is 12.0. The standard InChI is InChI=1S/C21H26N4O2/c22-19-7-6-17(14-23-19)20(21(26)27)25-9-3-8-24(10-11-25)18-12-15-4-1-2-5-16(15)13-18/h1-2,4-7,14,18,20H,3,8-13H2,(H2,22,23)(H,26,27)/t20-/m1/s1. The maximum absolute atomic E-state index is 12.0. The van der Waals surface area contributed by atoms with E-state index in [1.165, 1.54) is 11.1 Å². The Morgan fingerprint density at radius 2 is 1.81 bits per heavy atom. The number of rotatable bonds is 4. The van der Waals surface area contributed by atoms with Crippen molar-refractivity contribution < 1.29 is 9.90 Å². The number of carboxylic acid groups (broad SMARTS) is 1. The summed E-state index contributed by atoms with van der Waals surface area (Å²) in [5.74, 6) is -0.422. The highest BCUT2D eigenvalue weighted by Gasteiger charge is 2.32. The quantitative estimate of drug-likeness (QED) is 0.861. The minimum atomic E-state index is -0.830. The number of aromatic nitrogens is 1. The lowest BCUT2D eigenvalue weighted by Crippen LogP contribution is -2.40. The normalized spacial score (nSPS) is 20.1. The average Bonchev–Trinajstić information content (AvgIpc) is 2.95. The number of pyridine rings is 1. The molecule has 1 aromatic carbocycles. The van der Waals surface area contributed by atoms with Crippen LogP contribution in [0.4, 0.5) is 5.82 Å². The summed E-state index contributed by atoms with van der Waals surface area (Å²) in [6.45, 7) is 3.43. The van der Waals surface area contributed by atoms with Gasteiger partial charge in [0.2, 0.25) is 0 Å². The number of nitrogens with zero attached hydrogens (tertiary/aromatic N) is 3. The van der Waals surface area contributed by atoms with Crippen molar-refractivity contribution in [2.75, 3.05) is 31.9 Å². The topological polar surface area (TPSA) is 82.7 Å². The summed E-state index contributed by atoms with van der Waals surface area (Å²) in [7, 11) is 0. The van der Waals surface area contributed by atoms with E-state index in [9.17, 15) is 9.90 Å². The molecule has 2 heterocycles. The minimum absolute atomic E-state index is 0.408. The van der Waals surface area contributed by atoms with Gasteiger partial charge in [-0.05, 0) is 48.6 Å². The largest absolute Gasteiger partial charge is 0.480 e. The molecule has 1 saturated heterocycles. The molecular weight excluding hydrogens is 340 g/mol. The van der Waals surface area contributed by atoms with Crippen LogP contribution < -0.4 is 5.73 Å². The number of carboxylic acids is 1. The molecule has 0 amide bonds. The molecule has 1 fully saturated rings. The molecule has 3 N–H and O–H groups in total. The molecule has 0 bridgehead atoms. The van der Waals surface area contributed by atoms with E-state index in [1.807, 2.05) is 0 Å². The van der Waals surface area contributed by atoms with Gasteiger partial charge in [0.1, 0.15) is 11.9 Å². The zero-order valence-corrected chi connectivity index (χ0v) is 15.4. The van der Waals surface area contributed by atoms with E-state index < -0.39 is 12.0 Å². The molecular formula is C21H26N4O2. The van der Waals surface area contributed by atoms with Gasteiger partial charge in [-0.1, -0.05) is 30.3 Å². The molecule has 1 aliphatic carbocycles. The van der Waals surface area contributed by atoms with Crippen LogP contribution >= 0.6 is 0 Å². The fourth-order valence-electron chi connectivity index (χ4n) is 4.46. The number of hydrogen-bond acceptors (Lipinski definition) is 5. The first-order valence-electron chi connectivity index (χ1n) is 9.61. The number of carbonyl (C=O) groups is 1. The average molecular weight is 366 g/mol. The summed E-state index contributed by atoms with van der Waals surface area (Å²) in [5, 5.41) is 9.82. The number of hydrogen-bond donors (Lipinski definition) is 2. The van der Waals surface area contributed by atoms with E-state index in [1.54, 1.807) is 18.3 Å². The van der Waals surface area contributed by atoms with Gasteiger partial charge in [0, 0.05) is 31.9 Å². The molecule has 0 spiro atoms. The van der Waals surface area contributed by atoms with Gasteiger partial charge in [-0.25, -0.2) is 4.98 Å². The van der Waals surface area contributed by atoms with Crippen LogP contribution in [0.5, 0.6) is 0 Å². The predicted molar refractivity (Wildman–Crippen MR) is 104 cm³/mol. The summed E-state index contributed by atoms with van der Waals surface area (Å²) < 4.78 is 0. The van der Waals surface area contributed by atoms with Crippen LogP contribution in [0.15, 0.2) is 42.6 Å². The van der Waals surface area contributed by atoms with Gasteiger partial charge in [0.05, 0.1) is 0 Å². The van der Waals surface area contributed by atoms with Gasteiger partial charge < -0.3 is 10.8 Å². The first kappa shape index (κ1) is 17.9. The van der Waals surface area contributed by atoms with Crippen molar-refractivity contribution in [1.29, 1.82) is 0 Å². The first-order valence-corrected chi connectivity index (χ1v) is 9.61. The fourth-order valence-corrected chi connectivity index (χ4v) is 4.46. The predicted octanol–water partition coefficient (Wildman–Crippen LogP) is 1.96. The SMILES string of the molecule is Nc1ccc([C@H](C(=O)O)N2CCCN(C3Cc4ccccc4C3)CC2)cn1. The van der Waals surface area contributed by atoms with Crippen LogP contribution in [0.25, 0.3) is 0 Å². The molecule has 6 nitrogen and oxygen atoms in total. The number of anilines is 1. The lowest BCUT2D eigenvalue weighted by Gasteiger charge is -2.29. The molecule has 2 aliphatic rings. The lowest BCUT2D eigenvalue weighted by molar-refractivity contribution is -0.143. The van der Waals surface area contributed by atoms with Crippen LogP contribution in [-0.2, 0) is 17.6 Å². The van der Waals surface area contributed by atoms with Crippen molar-refractivity contribution in [3.8, 4) is 0 Å². The Kier molecular flexibility index (Phi) is 5.09. The van der Waals surface area contributed by atoms with Gasteiger partial charge in [-0.2, -0.15) is 0 Å². The summed E-state index contributed by atoms with van der Waals surface area (Å²) in [4.78, 5) is 20.7. The minimum Gasteiger partial charge on any atom is -0.480 e. The molecule has 27 heavy (non-hydrogen) atoms. The third kappa shape index (κ3) is 3.82. The first-order chi connectivity index (χ1) is 13.1. The second kappa shape index (κ2) is 7.66. The van der Waals surface area contributed by atoms with Crippen LogP contribution in [0.2, 0.25) is 0 Å². The Labute approximate surface area is 159 Å². The van der Waals surface area contributed by atoms with E-state index in [0.29, 0.717) is 17.4 Å². The maximum atomic E-state index is 12.0. The molecule has 1 atom stereocenters. The Balaban J connectivity index is 1.44. The highest BCUT2D eigenvalue weighted by Crippen LogP contribution is 2.28. The number of nitrogens with two attached hydrogens (primary N) is 1. The van der Waals surface area contributed by atoms with Crippen molar-refractivity contribution in [2.45, 2.75) is 31.3 Å². The number of fused-ring (bicyclic) bond motifs is 1. The van der Waals surface area contributed by atoms with Gasteiger partial charge in [-0.15, -0.1) is 0 Å². The zero-order valence-electron chi connectivity index (χ0n) is 15.4. The third-order valence-electron chi connectivity index (χ3n) is 5.83. The van der Waals surface area contributed by atoms with Crippen LogP contribution in [-0.4, -0.2) is 58.1 Å². The molecule has 2 aromatic rings. The monoisotopic (exact) mass is 366 g/mol. The summed E-state index contributed by atoms with van der Waals surface area (Å²) in [5.41, 5.74) is 9.26. The maximum Gasteiger partial charge on any atom is 0.325 e. The number of aliphatic carboxylic acids is 1. The van der Waals surface area contributed by atoms with E-state index >= 15 is 0 Å². The lowest BCUT2D eigenvalue weighted by atomic mass is 10.1. The van der Waals surface area contributed by atoms with Crippen LogP contribution in [0.1, 0.15) is 29.2 Å². The van der Waals surface area contributed by atoms with E-state index in [-0.39, 0.29) is 0 Å². The Morgan fingerprint density at radius 1 is 1.07 bits per heavy atom. The highest BCUT2D eigenvalue weighted by atomic mass is 16.4. The van der Waals surface area contributed by atoms with Crippen molar-refractivity contribution in [3.05, 3.63) is 59.3 Å². The van der Waals surface area contributed by atoms with Crippen LogP contribution in [0, 0.1) is 0 Å². The summed E-state index contributed by atoms with van der Waals surface area (Å²) >= 11 is 0. The zero-order chi connectivity index (χ0) is 18.8. The second-order valence-electron chi connectivity index (χ2n) is 7.51. The Hall–Kier alpha value is -2.44. The third-order valence-corrected chi connectivity index (χ3v) is 5.83. The van der Waals surface area contributed by atoms with Gasteiger partial charge in [0.25, 0.3) is 0 Å². The van der Waals surface area contributed by atoms with Crippen molar-refractivity contribution in [3.63, 3.8) is 0 Å². The van der Waals surface area contributed by atoms with Gasteiger partial charge in [0.15, 0.2) is 0 Å². The Bertz CT molecular complexity index is 783. The number of nitrogen functional groups attached to an aromatic ring is 1. The molecule has 142 valence electrons.